The third-order valence-electron chi connectivity index (χ3n) is 4.09. The highest BCUT2D eigenvalue weighted by Gasteiger charge is 2.21. The quantitative estimate of drug-likeness (QED) is 0.793. The van der Waals surface area contributed by atoms with Gasteiger partial charge in [-0.05, 0) is 30.5 Å². The summed E-state index contributed by atoms with van der Waals surface area (Å²) in [5.41, 5.74) is 6.68. The standard InChI is InChI=1S/C18H25FN4O2.ClH/c1-12-5-6-13(9-14(12)19)17-21-15(25-22-17)7-8-16(24)23(4)11-18(2,3)10-20;/h5-6,9H,7-8,10-11,20H2,1-4H3;1H. The van der Waals surface area contributed by atoms with Crippen molar-refractivity contribution in [1.29, 1.82) is 0 Å². The van der Waals surface area contributed by atoms with Crippen LogP contribution in [0.2, 0.25) is 0 Å². The van der Waals surface area contributed by atoms with Gasteiger partial charge in [0.2, 0.25) is 17.6 Å². The van der Waals surface area contributed by atoms with Crippen LogP contribution in [0.1, 0.15) is 31.7 Å². The largest absolute Gasteiger partial charge is 0.345 e. The summed E-state index contributed by atoms with van der Waals surface area (Å²) in [6, 6.07) is 4.77. The van der Waals surface area contributed by atoms with Gasteiger partial charge in [-0.1, -0.05) is 31.1 Å². The lowest BCUT2D eigenvalue weighted by Crippen LogP contribution is -2.39. The fraction of sp³-hybridized carbons (Fsp3) is 0.500. The van der Waals surface area contributed by atoms with E-state index in [4.69, 9.17) is 10.3 Å². The molecule has 0 unspecified atom stereocenters. The Hall–Kier alpha value is -1.99. The number of halogens is 2. The lowest BCUT2D eigenvalue weighted by molar-refractivity contribution is -0.131. The second kappa shape index (κ2) is 9.09. The number of carbonyl (C=O) groups is 1. The van der Waals surface area contributed by atoms with E-state index >= 15 is 0 Å². The Balaban J connectivity index is 0.00000338. The lowest BCUT2D eigenvalue weighted by Gasteiger charge is -2.29. The van der Waals surface area contributed by atoms with E-state index in [1.807, 2.05) is 13.8 Å². The monoisotopic (exact) mass is 384 g/mol. The molecule has 1 aromatic carbocycles. The molecule has 0 radical (unpaired) electrons. The van der Waals surface area contributed by atoms with E-state index < -0.39 is 0 Å². The first-order chi connectivity index (χ1) is 11.7. The second-order valence-corrected chi connectivity index (χ2v) is 7.09. The molecular weight excluding hydrogens is 359 g/mol. The molecule has 0 bridgehead atoms. The molecular formula is C18H26ClFN4O2. The van der Waals surface area contributed by atoms with Crippen molar-refractivity contribution in [2.75, 3.05) is 20.1 Å². The maximum atomic E-state index is 13.6. The van der Waals surface area contributed by atoms with Crippen molar-refractivity contribution in [2.24, 2.45) is 11.1 Å². The van der Waals surface area contributed by atoms with Crippen LogP contribution in [0.3, 0.4) is 0 Å². The molecule has 8 heteroatoms. The summed E-state index contributed by atoms with van der Waals surface area (Å²) >= 11 is 0. The van der Waals surface area contributed by atoms with Crippen LogP contribution in [0.25, 0.3) is 11.4 Å². The van der Waals surface area contributed by atoms with Crippen molar-refractivity contribution in [2.45, 2.75) is 33.6 Å². The molecule has 0 saturated heterocycles. The Morgan fingerprint density at radius 2 is 2.08 bits per heavy atom. The Morgan fingerprint density at radius 1 is 1.38 bits per heavy atom. The predicted molar refractivity (Wildman–Crippen MR) is 100 cm³/mol. The van der Waals surface area contributed by atoms with Gasteiger partial charge in [0.1, 0.15) is 5.82 Å². The minimum absolute atomic E-state index is 0. The number of benzene rings is 1. The van der Waals surface area contributed by atoms with Gasteiger partial charge in [0, 0.05) is 32.0 Å². The van der Waals surface area contributed by atoms with Crippen LogP contribution >= 0.6 is 12.4 Å². The maximum Gasteiger partial charge on any atom is 0.227 e. The van der Waals surface area contributed by atoms with E-state index in [2.05, 4.69) is 10.1 Å². The maximum absolute atomic E-state index is 13.6. The molecule has 144 valence electrons. The number of hydrogen-bond acceptors (Lipinski definition) is 5. The number of aromatic nitrogens is 2. The van der Waals surface area contributed by atoms with Crippen LogP contribution in [0.4, 0.5) is 4.39 Å². The minimum atomic E-state index is -0.317. The van der Waals surface area contributed by atoms with Gasteiger partial charge in [-0.2, -0.15) is 4.98 Å². The molecule has 0 atom stereocenters. The highest BCUT2D eigenvalue weighted by atomic mass is 35.5. The van der Waals surface area contributed by atoms with E-state index in [9.17, 15) is 9.18 Å². The van der Waals surface area contributed by atoms with E-state index in [1.54, 1.807) is 31.0 Å². The normalized spacial score (nSPS) is 11.2. The van der Waals surface area contributed by atoms with Crippen molar-refractivity contribution in [1.82, 2.24) is 15.0 Å². The zero-order chi connectivity index (χ0) is 18.6. The van der Waals surface area contributed by atoms with Crippen LogP contribution in [-0.4, -0.2) is 41.1 Å². The van der Waals surface area contributed by atoms with Crippen LogP contribution in [0.5, 0.6) is 0 Å². The SMILES string of the molecule is Cc1ccc(-c2noc(CCC(=O)N(C)CC(C)(C)CN)n2)cc1F.Cl. The molecule has 1 aromatic heterocycles. The second-order valence-electron chi connectivity index (χ2n) is 7.09. The zero-order valence-corrected chi connectivity index (χ0v) is 16.4. The lowest BCUT2D eigenvalue weighted by atomic mass is 9.93. The first-order valence-electron chi connectivity index (χ1n) is 8.25. The molecule has 0 spiro atoms. The van der Waals surface area contributed by atoms with Gasteiger partial charge in [-0.15, -0.1) is 12.4 Å². The Labute approximate surface area is 159 Å². The first-order valence-corrected chi connectivity index (χ1v) is 8.25. The highest BCUT2D eigenvalue weighted by molar-refractivity contribution is 5.85. The number of nitrogens with zero attached hydrogens (tertiary/aromatic N) is 3. The number of amides is 1. The van der Waals surface area contributed by atoms with Gasteiger partial charge < -0.3 is 15.2 Å². The molecule has 0 aliphatic carbocycles. The molecule has 1 amide bonds. The number of carbonyl (C=O) groups excluding carboxylic acids is 1. The summed E-state index contributed by atoms with van der Waals surface area (Å²) in [6.07, 6.45) is 0.606. The third-order valence-corrected chi connectivity index (χ3v) is 4.09. The van der Waals surface area contributed by atoms with Gasteiger partial charge in [0.25, 0.3) is 0 Å². The summed E-state index contributed by atoms with van der Waals surface area (Å²) < 4.78 is 18.8. The van der Waals surface area contributed by atoms with Crippen LogP contribution in [-0.2, 0) is 11.2 Å². The van der Waals surface area contributed by atoms with E-state index in [1.165, 1.54) is 6.07 Å². The average molecular weight is 385 g/mol. The van der Waals surface area contributed by atoms with Crippen LogP contribution in [0, 0.1) is 18.2 Å². The number of aryl methyl sites for hydroxylation is 2. The Bertz CT molecular complexity index is 749. The summed E-state index contributed by atoms with van der Waals surface area (Å²) in [4.78, 5) is 18.1. The fourth-order valence-corrected chi connectivity index (χ4v) is 2.41. The average Bonchev–Trinajstić information content (AvgIpc) is 3.03. The molecule has 0 aliphatic heterocycles. The molecule has 0 fully saturated rings. The molecule has 0 aliphatic rings. The first kappa shape index (κ1) is 22.1. The molecule has 1 heterocycles. The fourth-order valence-electron chi connectivity index (χ4n) is 2.41. The Kier molecular flexibility index (Phi) is 7.71. The van der Waals surface area contributed by atoms with Gasteiger partial charge in [-0.25, -0.2) is 4.39 Å². The van der Waals surface area contributed by atoms with Gasteiger partial charge in [-0.3, -0.25) is 4.79 Å². The van der Waals surface area contributed by atoms with Crippen molar-refractivity contribution in [3.63, 3.8) is 0 Å². The molecule has 2 N–H and O–H groups in total. The van der Waals surface area contributed by atoms with Crippen molar-refractivity contribution in [3.05, 3.63) is 35.5 Å². The summed E-state index contributed by atoms with van der Waals surface area (Å²) in [5, 5.41) is 3.86. The predicted octanol–water partition coefficient (Wildman–Crippen LogP) is 2.98. The van der Waals surface area contributed by atoms with Crippen LogP contribution in [0.15, 0.2) is 22.7 Å². The smallest absolute Gasteiger partial charge is 0.227 e. The van der Waals surface area contributed by atoms with Gasteiger partial charge in [0.15, 0.2) is 0 Å². The highest BCUT2D eigenvalue weighted by Crippen LogP contribution is 2.20. The zero-order valence-electron chi connectivity index (χ0n) is 15.6. The molecule has 2 aromatic rings. The molecule has 26 heavy (non-hydrogen) atoms. The summed E-state index contributed by atoms with van der Waals surface area (Å²) in [6.45, 7) is 6.81. The summed E-state index contributed by atoms with van der Waals surface area (Å²) in [5.74, 6) is 0.348. The van der Waals surface area contributed by atoms with Crippen molar-refractivity contribution < 1.29 is 13.7 Å². The van der Waals surface area contributed by atoms with E-state index in [-0.39, 0.29) is 36.0 Å². The van der Waals surface area contributed by atoms with E-state index in [0.717, 1.165) is 0 Å². The topological polar surface area (TPSA) is 85.2 Å². The van der Waals surface area contributed by atoms with Gasteiger partial charge >= 0.3 is 0 Å². The molecule has 6 nitrogen and oxygen atoms in total. The Morgan fingerprint density at radius 3 is 2.69 bits per heavy atom. The number of rotatable bonds is 7. The molecule has 0 saturated carbocycles. The summed E-state index contributed by atoms with van der Waals surface area (Å²) in [7, 11) is 1.76. The number of nitrogens with two attached hydrogens (primary N) is 1. The third kappa shape index (κ3) is 5.78. The van der Waals surface area contributed by atoms with Crippen LogP contribution < -0.4 is 5.73 Å². The minimum Gasteiger partial charge on any atom is -0.345 e. The van der Waals surface area contributed by atoms with Gasteiger partial charge in [0.05, 0.1) is 0 Å². The number of hydrogen-bond donors (Lipinski definition) is 1. The van der Waals surface area contributed by atoms with Crippen molar-refractivity contribution in [3.8, 4) is 11.4 Å². The van der Waals surface area contributed by atoms with Crippen molar-refractivity contribution >= 4 is 18.3 Å². The van der Waals surface area contributed by atoms with E-state index in [0.29, 0.717) is 42.4 Å². The molecule has 2 rings (SSSR count).